The van der Waals surface area contributed by atoms with Crippen LogP contribution in [-0.4, -0.2) is 7.11 Å². The molecule has 2 aromatic carbocycles. The molecule has 2 aromatic rings. The van der Waals surface area contributed by atoms with Gasteiger partial charge in [-0.05, 0) is 24.3 Å². The number of anilines is 1. The van der Waals surface area contributed by atoms with Gasteiger partial charge in [-0.3, -0.25) is 0 Å². The maximum Gasteiger partial charge on any atom is 0.122 e. The van der Waals surface area contributed by atoms with Crippen molar-refractivity contribution in [2.45, 2.75) is 10.6 Å². The molecule has 0 unspecified atom stereocenters. The van der Waals surface area contributed by atoms with E-state index in [4.69, 9.17) is 22.1 Å². The molecule has 2 rings (SSSR count). The maximum atomic E-state index is 5.92. The Hall–Kier alpha value is -1.32. The lowest BCUT2D eigenvalue weighted by Gasteiger charge is -2.09. The lowest BCUT2D eigenvalue weighted by Crippen LogP contribution is -1.91. The van der Waals surface area contributed by atoms with Crippen LogP contribution in [0.5, 0.6) is 5.75 Å². The highest BCUT2D eigenvalue weighted by atomic mass is 35.5. The second-order valence-electron chi connectivity index (χ2n) is 3.78. The highest BCUT2D eigenvalue weighted by Gasteiger charge is 2.05. The Kier molecular flexibility index (Phi) is 4.39. The summed E-state index contributed by atoms with van der Waals surface area (Å²) in [6, 6.07) is 13.5. The van der Waals surface area contributed by atoms with Crippen LogP contribution in [0, 0.1) is 0 Å². The molecule has 4 heteroatoms. The Balaban J connectivity index is 2.11. The zero-order valence-corrected chi connectivity index (χ0v) is 11.6. The van der Waals surface area contributed by atoms with Crippen molar-refractivity contribution in [1.82, 2.24) is 0 Å². The molecule has 2 nitrogen and oxygen atoms in total. The van der Waals surface area contributed by atoms with Gasteiger partial charge in [0.2, 0.25) is 0 Å². The number of para-hydroxylation sites is 1. The second kappa shape index (κ2) is 6.03. The van der Waals surface area contributed by atoms with Gasteiger partial charge in [-0.25, -0.2) is 0 Å². The minimum atomic E-state index is 0.661. The van der Waals surface area contributed by atoms with Crippen molar-refractivity contribution >= 4 is 29.1 Å². The van der Waals surface area contributed by atoms with Crippen LogP contribution in [0.2, 0.25) is 5.02 Å². The molecule has 0 aliphatic rings. The van der Waals surface area contributed by atoms with Gasteiger partial charge in [0, 0.05) is 26.9 Å². The Labute approximate surface area is 116 Å². The third-order valence-electron chi connectivity index (χ3n) is 2.55. The van der Waals surface area contributed by atoms with E-state index in [1.165, 1.54) is 0 Å². The number of hydrogen-bond donors (Lipinski definition) is 1. The molecule has 0 atom stereocenters. The van der Waals surface area contributed by atoms with E-state index in [-0.39, 0.29) is 0 Å². The van der Waals surface area contributed by atoms with Gasteiger partial charge in [-0.1, -0.05) is 29.8 Å². The van der Waals surface area contributed by atoms with Gasteiger partial charge in [-0.2, -0.15) is 0 Å². The van der Waals surface area contributed by atoms with E-state index < -0.39 is 0 Å². The van der Waals surface area contributed by atoms with Crippen LogP contribution < -0.4 is 10.5 Å². The molecule has 2 N–H and O–H groups in total. The van der Waals surface area contributed by atoms with Crippen LogP contribution >= 0.6 is 23.4 Å². The number of benzene rings is 2. The zero-order valence-electron chi connectivity index (χ0n) is 10.0. The molecule has 18 heavy (non-hydrogen) atoms. The molecular formula is C14H14ClNOS. The molecule has 0 heterocycles. The van der Waals surface area contributed by atoms with E-state index in [1.54, 1.807) is 24.9 Å². The summed E-state index contributed by atoms with van der Waals surface area (Å²) < 4.78 is 5.32. The second-order valence-corrected chi connectivity index (χ2v) is 5.24. The van der Waals surface area contributed by atoms with Crippen molar-refractivity contribution in [3.05, 3.63) is 53.1 Å². The van der Waals surface area contributed by atoms with Gasteiger partial charge in [0.15, 0.2) is 0 Å². The summed E-state index contributed by atoms with van der Waals surface area (Å²) >= 11 is 7.55. The van der Waals surface area contributed by atoms with Crippen molar-refractivity contribution in [3.8, 4) is 5.75 Å². The predicted octanol–water partition coefficient (Wildman–Crippen LogP) is 4.22. The Morgan fingerprint density at radius 1 is 1.22 bits per heavy atom. The number of nitrogen functional groups attached to an aromatic ring is 1. The maximum absolute atomic E-state index is 5.92. The van der Waals surface area contributed by atoms with Crippen molar-refractivity contribution in [3.63, 3.8) is 0 Å². The summed E-state index contributed by atoms with van der Waals surface area (Å²) in [5.41, 5.74) is 7.78. The van der Waals surface area contributed by atoms with Gasteiger partial charge in [0.1, 0.15) is 5.75 Å². The van der Waals surface area contributed by atoms with Crippen molar-refractivity contribution in [2.75, 3.05) is 12.8 Å². The summed E-state index contributed by atoms with van der Waals surface area (Å²) in [7, 11) is 1.68. The molecule has 0 aliphatic heterocycles. The fourth-order valence-corrected chi connectivity index (χ4v) is 2.75. The van der Waals surface area contributed by atoms with E-state index in [2.05, 4.69) is 6.07 Å². The van der Waals surface area contributed by atoms with Crippen molar-refractivity contribution in [2.24, 2.45) is 0 Å². The molecule has 0 radical (unpaired) electrons. The molecule has 0 aliphatic carbocycles. The van der Waals surface area contributed by atoms with Gasteiger partial charge in [0.25, 0.3) is 0 Å². The summed E-state index contributed by atoms with van der Waals surface area (Å²) in [5, 5.41) is 0.661. The van der Waals surface area contributed by atoms with E-state index in [0.717, 1.165) is 22.0 Å². The highest BCUT2D eigenvalue weighted by Crippen LogP contribution is 2.32. The largest absolute Gasteiger partial charge is 0.496 e. The zero-order chi connectivity index (χ0) is 13.0. The summed E-state index contributed by atoms with van der Waals surface area (Å²) in [6.45, 7) is 0. The van der Waals surface area contributed by atoms with Crippen LogP contribution in [-0.2, 0) is 5.75 Å². The fourth-order valence-electron chi connectivity index (χ4n) is 1.63. The number of thioether (sulfide) groups is 1. The molecule has 0 bridgehead atoms. The minimum Gasteiger partial charge on any atom is -0.496 e. The number of hydrogen-bond acceptors (Lipinski definition) is 3. The van der Waals surface area contributed by atoms with Gasteiger partial charge >= 0.3 is 0 Å². The van der Waals surface area contributed by atoms with E-state index in [9.17, 15) is 0 Å². The van der Waals surface area contributed by atoms with Gasteiger partial charge in [-0.15, -0.1) is 11.8 Å². The first-order valence-electron chi connectivity index (χ1n) is 5.50. The Morgan fingerprint density at radius 3 is 2.72 bits per heavy atom. The molecule has 0 amide bonds. The minimum absolute atomic E-state index is 0.661. The van der Waals surface area contributed by atoms with Gasteiger partial charge in [0.05, 0.1) is 7.11 Å². The van der Waals surface area contributed by atoms with Crippen molar-refractivity contribution in [1.29, 1.82) is 0 Å². The Morgan fingerprint density at radius 2 is 2.00 bits per heavy atom. The SMILES string of the molecule is COc1ccccc1CSc1ccc(Cl)cc1N. The smallest absolute Gasteiger partial charge is 0.122 e. The van der Waals surface area contributed by atoms with Crippen LogP contribution in [0.3, 0.4) is 0 Å². The summed E-state index contributed by atoms with van der Waals surface area (Å²) in [5.74, 6) is 1.72. The first-order valence-corrected chi connectivity index (χ1v) is 6.87. The number of methoxy groups -OCH3 is 1. The quantitative estimate of drug-likeness (QED) is 0.672. The number of nitrogens with two attached hydrogens (primary N) is 1. The number of ether oxygens (including phenoxy) is 1. The van der Waals surface area contributed by atoms with E-state index in [1.807, 2.05) is 30.3 Å². The number of halogens is 1. The predicted molar refractivity (Wildman–Crippen MR) is 78.4 cm³/mol. The fraction of sp³-hybridized carbons (Fsp3) is 0.143. The normalized spacial score (nSPS) is 10.3. The van der Waals surface area contributed by atoms with E-state index in [0.29, 0.717) is 10.7 Å². The molecule has 0 spiro atoms. The van der Waals surface area contributed by atoms with Crippen LogP contribution in [0.4, 0.5) is 5.69 Å². The standard InChI is InChI=1S/C14H14ClNOS/c1-17-13-5-3-2-4-10(13)9-18-14-7-6-11(15)8-12(14)16/h2-8H,9,16H2,1H3. The molecule has 94 valence electrons. The average molecular weight is 280 g/mol. The first kappa shape index (κ1) is 13.1. The topological polar surface area (TPSA) is 35.2 Å². The van der Waals surface area contributed by atoms with E-state index >= 15 is 0 Å². The van der Waals surface area contributed by atoms with Gasteiger partial charge < -0.3 is 10.5 Å². The first-order chi connectivity index (χ1) is 8.70. The lowest BCUT2D eigenvalue weighted by molar-refractivity contribution is 0.411. The van der Waals surface area contributed by atoms with Crippen LogP contribution in [0.1, 0.15) is 5.56 Å². The summed E-state index contributed by atoms with van der Waals surface area (Å²) in [6.07, 6.45) is 0. The Bertz CT molecular complexity index is 545. The lowest BCUT2D eigenvalue weighted by atomic mass is 10.2. The molecule has 0 fully saturated rings. The molecular weight excluding hydrogens is 266 g/mol. The summed E-state index contributed by atoms with van der Waals surface area (Å²) in [4.78, 5) is 1.03. The van der Waals surface area contributed by atoms with Crippen LogP contribution in [0.25, 0.3) is 0 Å². The average Bonchev–Trinajstić information content (AvgIpc) is 2.38. The highest BCUT2D eigenvalue weighted by molar-refractivity contribution is 7.98. The molecule has 0 saturated heterocycles. The monoisotopic (exact) mass is 279 g/mol. The molecule has 0 aromatic heterocycles. The molecule has 0 saturated carbocycles. The third-order valence-corrected chi connectivity index (χ3v) is 3.92. The van der Waals surface area contributed by atoms with Crippen LogP contribution in [0.15, 0.2) is 47.4 Å². The number of rotatable bonds is 4. The van der Waals surface area contributed by atoms with Crippen molar-refractivity contribution < 1.29 is 4.74 Å². The third kappa shape index (κ3) is 3.12.